The van der Waals surface area contributed by atoms with Gasteiger partial charge in [0.1, 0.15) is 0 Å². The molecule has 2 rings (SSSR count). The van der Waals surface area contributed by atoms with Crippen LogP contribution in [0, 0.1) is 24.0 Å². The molecule has 0 aliphatic carbocycles. The average molecular weight is 298 g/mol. The summed E-state index contributed by atoms with van der Waals surface area (Å²) >= 11 is 7.64. The maximum Gasteiger partial charge on any atom is 0.271 e. The lowest BCUT2D eigenvalue weighted by molar-refractivity contribution is -0.384. The summed E-state index contributed by atoms with van der Waals surface area (Å²) in [6, 6.07) is 4.37. The van der Waals surface area contributed by atoms with Crippen LogP contribution in [0.15, 0.2) is 18.2 Å². The number of non-ortho nitro benzene ring substituents is 1. The molecule has 0 saturated heterocycles. The van der Waals surface area contributed by atoms with Gasteiger partial charge >= 0.3 is 0 Å². The summed E-state index contributed by atoms with van der Waals surface area (Å²) in [5.74, 6) is 0. The van der Waals surface area contributed by atoms with Crippen molar-refractivity contribution in [1.82, 2.24) is 4.98 Å². The molecule has 1 N–H and O–H groups in total. The summed E-state index contributed by atoms with van der Waals surface area (Å²) < 4.78 is 0. The Kier molecular flexibility index (Phi) is 4.01. The Morgan fingerprint density at radius 2 is 2.21 bits per heavy atom. The smallest absolute Gasteiger partial charge is 0.271 e. The molecule has 2 aromatic rings. The molecule has 7 heteroatoms. The van der Waals surface area contributed by atoms with E-state index < -0.39 is 4.92 Å². The van der Waals surface area contributed by atoms with E-state index in [1.54, 1.807) is 17.4 Å². The maximum atomic E-state index is 10.6. The van der Waals surface area contributed by atoms with E-state index in [0.29, 0.717) is 17.3 Å². The molecular weight excluding hydrogens is 286 g/mol. The van der Waals surface area contributed by atoms with Crippen LogP contribution in [0.4, 0.5) is 11.4 Å². The Morgan fingerprint density at radius 1 is 1.47 bits per heavy atom. The van der Waals surface area contributed by atoms with Gasteiger partial charge in [0, 0.05) is 17.0 Å². The van der Waals surface area contributed by atoms with E-state index in [2.05, 4.69) is 10.3 Å². The second kappa shape index (κ2) is 5.54. The van der Waals surface area contributed by atoms with Gasteiger partial charge in [-0.2, -0.15) is 0 Å². The fourth-order valence-corrected chi connectivity index (χ4v) is 2.75. The topological polar surface area (TPSA) is 68.1 Å². The lowest BCUT2D eigenvalue weighted by Crippen LogP contribution is -2.02. The van der Waals surface area contributed by atoms with E-state index in [1.807, 2.05) is 13.8 Å². The van der Waals surface area contributed by atoms with Crippen molar-refractivity contribution in [2.24, 2.45) is 0 Å². The summed E-state index contributed by atoms with van der Waals surface area (Å²) in [6.07, 6.45) is 0. The Morgan fingerprint density at radius 3 is 2.74 bits per heavy atom. The standard InChI is InChI=1S/C12H12ClN3O2S/c1-7-12(15-8(2)19-7)6-14-11-4-3-9(16(17)18)5-10(11)13/h3-5,14H,6H2,1-2H3. The first-order valence-electron chi connectivity index (χ1n) is 5.58. The van der Waals surface area contributed by atoms with E-state index in [0.717, 1.165) is 15.6 Å². The number of hydrogen-bond donors (Lipinski definition) is 1. The SMILES string of the molecule is Cc1nc(CNc2ccc([N+](=O)[O-])cc2Cl)c(C)s1. The predicted octanol–water partition coefficient (Wildman–Crippen LogP) is 3.93. The van der Waals surface area contributed by atoms with Gasteiger partial charge in [-0.25, -0.2) is 4.98 Å². The van der Waals surface area contributed by atoms with Crippen LogP contribution in [0.3, 0.4) is 0 Å². The lowest BCUT2D eigenvalue weighted by Gasteiger charge is -2.07. The molecule has 1 aromatic carbocycles. The van der Waals surface area contributed by atoms with Crippen molar-refractivity contribution in [1.29, 1.82) is 0 Å². The normalized spacial score (nSPS) is 10.5. The Bertz CT molecular complexity index is 627. The minimum Gasteiger partial charge on any atom is -0.378 e. The van der Waals surface area contributed by atoms with Crippen LogP contribution >= 0.6 is 22.9 Å². The van der Waals surface area contributed by atoms with Gasteiger partial charge in [-0.05, 0) is 19.9 Å². The summed E-state index contributed by atoms with van der Waals surface area (Å²) in [6.45, 7) is 4.52. The van der Waals surface area contributed by atoms with Crippen molar-refractivity contribution in [2.45, 2.75) is 20.4 Å². The monoisotopic (exact) mass is 297 g/mol. The predicted molar refractivity (Wildman–Crippen MR) is 77.0 cm³/mol. The summed E-state index contributed by atoms with van der Waals surface area (Å²) in [5.41, 5.74) is 1.62. The minimum atomic E-state index is -0.469. The maximum absolute atomic E-state index is 10.6. The number of halogens is 1. The fourth-order valence-electron chi connectivity index (χ4n) is 1.68. The molecule has 0 amide bonds. The minimum absolute atomic E-state index is 0.0174. The van der Waals surface area contributed by atoms with Gasteiger partial charge in [0.2, 0.25) is 0 Å². The zero-order valence-corrected chi connectivity index (χ0v) is 12.0. The molecule has 0 atom stereocenters. The second-order valence-corrected chi connectivity index (χ2v) is 5.83. The third-order valence-electron chi connectivity index (χ3n) is 2.61. The van der Waals surface area contributed by atoms with E-state index in [4.69, 9.17) is 11.6 Å². The number of benzene rings is 1. The molecule has 1 heterocycles. The number of thiazole rings is 1. The van der Waals surface area contributed by atoms with Crippen LogP contribution < -0.4 is 5.32 Å². The third kappa shape index (κ3) is 3.21. The molecule has 0 aliphatic heterocycles. The van der Waals surface area contributed by atoms with Gasteiger partial charge in [0.25, 0.3) is 5.69 Å². The van der Waals surface area contributed by atoms with Gasteiger partial charge in [-0.15, -0.1) is 11.3 Å². The van der Waals surface area contributed by atoms with E-state index >= 15 is 0 Å². The van der Waals surface area contributed by atoms with Gasteiger partial charge in [-0.3, -0.25) is 10.1 Å². The van der Waals surface area contributed by atoms with Crippen LogP contribution in [-0.4, -0.2) is 9.91 Å². The average Bonchev–Trinajstić information content (AvgIpc) is 2.66. The van der Waals surface area contributed by atoms with Crippen LogP contribution in [0.5, 0.6) is 0 Å². The van der Waals surface area contributed by atoms with Crippen molar-refractivity contribution in [3.05, 3.63) is 48.9 Å². The van der Waals surface area contributed by atoms with Crippen molar-refractivity contribution in [3.63, 3.8) is 0 Å². The number of nitro groups is 1. The number of anilines is 1. The van der Waals surface area contributed by atoms with Gasteiger partial charge in [0.15, 0.2) is 0 Å². The number of rotatable bonds is 4. The zero-order chi connectivity index (χ0) is 14.0. The lowest BCUT2D eigenvalue weighted by atomic mass is 10.2. The van der Waals surface area contributed by atoms with Crippen LogP contribution in [-0.2, 0) is 6.54 Å². The molecule has 100 valence electrons. The number of nitrogens with one attached hydrogen (secondary N) is 1. The van der Waals surface area contributed by atoms with E-state index in [1.165, 1.54) is 12.1 Å². The summed E-state index contributed by atoms with van der Waals surface area (Å²) in [7, 11) is 0. The molecule has 0 bridgehead atoms. The van der Waals surface area contributed by atoms with Crippen LogP contribution in [0.25, 0.3) is 0 Å². The van der Waals surface area contributed by atoms with Crippen molar-refractivity contribution >= 4 is 34.3 Å². The number of nitro benzene ring substituents is 1. The number of aromatic nitrogens is 1. The number of aryl methyl sites for hydroxylation is 2. The molecule has 0 spiro atoms. The van der Waals surface area contributed by atoms with Crippen LogP contribution in [0.2, 0.25) is 5.02 Å². The summed E-state index contributed by atoms with van der Waals surface area (Å²) in [4.78, 5) is 15.7. The molecule has 0 fully saturated rings. The molecule has 1 aromatic heterocycles. The van der Waals surface area contributed by atoms with Crippen LogP contribution in [0.1, 0.15) is 15.6 Å². The number of hydrogen-bond acceptors (Lipinski definition) is 5. The molecule has 0 unspecified atom stereocenters. The first kappa shape index (κ1) is 13.8. The molecule has 0 aliphatic rings. The fraction of sp³-hybridized carbons (Fsp3) is 0.250. The largest absolute Gasteiger partial charge is 0.378 e. The highest BCUT2D eigenvalue weighted by Crippen LogP contribution is 2.27. The first-order valence-corrected chi connectivity index (χ1v) is 6.77. The highest BCUT2D eigenvalue weighted by Gasteiger charge is 2.10. The third-order valence-corrected chi connectivity index (χ3v) is 3.85. The van der Waals surface area contributed by atoms with E-state index in [-0.39, 0.29) is 5.69 Å². The Balaban J connectivity index is 2.12. The molecule has 19 heavy (non-hydrogen) atoms. The highest BCUT2D eigenvalue weighted by atomic mass is 35.5. The Labute approximate surface area is 119 Å². The van der Waals surface area contributed by atoms with E-state index in [9.17, 15) is 10.1 Å². The first-order chi connectivity index (χ1) is 8.97. The quantitative estimate of drug-likeness (QED) is 0.685. The van der Waals surface area contributed by atoms with Crippen molar-refractivity contribution < 1.29 is 4.92 Å². The molecule has 5 nitrogen and oxygen atoms in total. The molecular formula is C12H12ClN3O2S. The zero-order valence-electron chi connectivity index (χ0n) is 10.4. The van der Waals surface area contributed by atoms with Crippen molar-refractivity contribution in [2.75, 3.05) is 5.32 Å². The van der Waals surface area contributed by atoms with Gasteiger partial charge in [0.05, 0.1) is 32.9 Å². The van der Waals surface area contributed by atoms with Gasteiger partial charge in [-0.1, -0.05) is 11.6 Å². The molecule has 0 saturated carbocycles. The highest BCUT2D eigenvalue weighted by molar-refractivity contribution is 7.11. The Hall–Kier alpha value is -1.66. The summed E-state index contributed by atoms with van der Waals surface area (Å²) in [5, 5.41) is 15.1. The van der Waals surface area contributed by atoms with Gasteiger partial charge < -0.3 is 5.32 Å². The molecule has 0 radical (unpaired) electrons. The second-order valence-electron chi connectivity index (χ2n) is 4.01. The van der Waals surface area contributed by atoms with Crippen molar-refractivity contribution in [3.8, 4) is 0 Å². The number of nitrogens with zero attached hydrogens (tertiary/aromatic N) is 2.